The SMILES string of the molecule is CCCC(=O)c1c(OC(C)C)cc(C)c(Cl)c1C. The van der Waals surface area contributed by atoms with Crippen molar-refractivity contribution in [3.05, 3.63) is 27.8 Å². The van der Waals surface area contributed by atoms with E-state index in [-0.39, 0.29) is 11.9 Å². The molecule has 0 aliphatic heterocycles. The van der Waals surface area contributed by atoms with Gasteiger partial charge in [0.15, 0.2) is 5.78 Å². The highest BCUT2D eigenvalue weighted by atomic mass is 35.5. The number of benzene rings is 1. The van der Waals surface area contributed by atoms with Crippen LogP contribution < -0.4 is 4.74 Å². The molecule has 1 aromatic carbocycles. The summed E-state index contributed by atoms with van der Waals surface area (Å²) in [5.74, 6) is 0.760. The maximum Gasteiger partial charge on any atom is 0.166 e. The van der Waals surface area contributed by atoms with E-state index in [2.05, 4.69) is 0 Å². The zero-order chi connectivity index (χ0) is 13.9. The molecule has 0 fully saturated rings. The van der Waals surface area contributed by atoms with E-state index in [0.717, 1.165) is 17.5 Å². The topological polar surface area (TPSA) is 26.3 Å². The van der Waals surface area contributed by atoms with Gasteiger partial charge in [-0.1, -0.05) is 18.5 Å². The number of hydrogen-bond acceptors (Lipinski definition) is 2. The molecule has 0 unspecified atom stereocenters. The Kier molecular flexibility index (Phi) is 5.21. The van der Waals surface area contributed by atoms with E-state index in [1.807, 2.05) is 40.7 Å². The fourth-order valence-electron chi connectivity index (χ4n) is 1.97. The molecule has 0 bridgehead atoms. The van der Waals surface area contributed by atoms with Gasteiger partial charge in [-0.15, -0.1) is 0 Å². The summed E-state index contributed by atoms with van der Waals surface area (Å²) in [6.07, 6.45) is 1.39. The Labute approximate surface area is 114 Å². The first kappa shape index (κ1) is 15.0. The lowest BCUT2D eigenvalue weighted by molar-refractivity contribution is 0.0975. The van der Waals surface area contributed by atoms with E-state index < -0.39 is 0 Å². The van der Waals surface area contributed by atoms with Crippen LogP contribution in [0.5, 0.6) is 5.75 Å². The van der Waals surface area contributed by atoms with Crippen LogP contribution in [0.25, 0.3) is 0 Å². The molecule has 0 heterocycles. The number of ether oxygens (including phenoxy) is 1. The number of halogens is 1. The summed E-state index contributed by atoms with van der Waals surface area (Å²) in [5, 5.41) is 0.658. The number of aryl methyl sites for hydroxylation is 1. The van der Waals surface area contributed by atoms with Gasteiger partial charge in [0.05, 0.1) is 11.7 Å². The summed E-state index contributed by atoms with van der Waals surface area (Å²) in [7, 11) is 0. The predicted octanol–water partition coefficient (Wildman–Crippen LogP) is 4.73. The van der Waals surface area contributed by atoms with Gasteiger partial charge in [-0.2, -0.15) is 0 Å². The molecule has 3 heteroatoms. The van der Waals surface area contributed by atoms with Crippen LogP contribution in [0.2, 0.25) is 5.02 Å². The summed E-state index contributed by atoms with van der Waals surface area (Å²) in [4.78, 5) is 12.2. The molecular weight excluding hydrogens is 248 g/mol. The van der Waals surface area contributed by atoms with Gasteiger partial charge in [-0.05, 0) is 51.3 Å². The van der Waals surface area contributed by atoms with Gasteiger partial charge in [0.2, 0.25) is 0 Å². The Morgan fingerprint density at radius 2 is 2.00 bits per heavy atom. The third-order valence-corrected chi connectivity index (χ3v) is 3.34. The quantitative estimate of drug-likeness (QED) is 0.722. The van der Waals surface area contributed by atoms with Gasteiger partial charge in [-0.25, -0.2) is 0 Å². The van der Waals surface area contributed by atoms with Crippen LogP contribution in [-0.4, -0.2) is 11.9 Å². The van der Waals surface area contributed by atoms with E-state index in [1.54, 1.807) is 0 Å². The molecular formula is C15H21ClO2. The van der Waals surface area contributed by atoms with Crippen LogP contribution in [0.15, 0.2) is 6.07 Å². The third-order valence-electron chi connectivity index (χ3n) is 2.76. The predicted molar refractivity (Wildman–Crippen MR) is 75.9 cm³/mol. The molecule has 0 aliphatic rings. The van der Waals surface area contributed by atoms with Crippen molar-refractivity contribution in [3.63, 3.8) is 0 Å². The lowest BCUT2D eigenvalue weighted by Crippen LogP contribution is -2.12. The number of carbonyl (C=O) groups is 1. The van der Waals surface area contributed by atoms with Gasteiger partial charge < -0.3 is 4.74 Å². The highest BCUT2D eigenvalue weighted by Gasteiger charge is 2.19. The van der Waals surface area contributed by atoms with Crippen LogP contribution in [0.3, 0.4) is 0 Å². The standard InChI is InChI=1S/C15H21ClO2/c1-6-7-12(17)14-11(5)15(16)10(4)8-13(14)18-9(2)3/h8-9H,6-7H2,1-5H3. The summed E-state index contributed by atoms with van der Waals surface area (Å²) in [6, 6.07) is 1.86. The van der Waals surface area contributed by atoms with E-state index in [9.17, 15) is 4.79 Å². The smallest absolute Gasteiger partial charge is 0.166 e. The van der Waals surface area contributed by atoms with Gasteiger partial charge in [0.1, 0.15) is 5.75 Å². The fraction of sp³-hybridized carbons (Fsp3) is 0.533. The van der Waals surface area contributed by atoms with Crippen molar-refractivity contribution in [2.75, 3.05) is 0 Å². The molecule has 0 aromatic heterocycles. The van der Waals surface area contributed by atoms with Crippen LogP contribution in [0.1, 0.15) is 55.1 Å². The van der Waals surface area contributed by atoms with Crippen molar-refractivity contribution in [1.29, 1.82) is 0 Å². The molecule has 1 rings (SSSR count). The van der Waals surface area contributed by atoms with Crippen LogP contribution >= 0.6 is 11.6 Å². The first-order valence-electron chi connectivity index (χ1n) is 6.38. The zero-order valence-electron chi connectivity index (χ0n) is 11.8. The highest BCUT2D eigenvalue weighted by Crippen LogP contribution is 2.33. The molecule has 0 atom stereocenters. The van der Waals surface area contributed by atoms with Gasteiger partial charge >= 0.3 is 0 Å². The van der Waals surface area contributed by atoms with Gasteiger partial charge in [0, 0.05) is 11.4 Å². The Bertz CT molecular complexity index is 450. The summed E-state index contributed by atoms with van der Waals surface area (Å²) >= 11 is 6.23. The fourth-order valence-corrected chi connectivity index (χ4v) is 2.12. The number of ketones is 1. The lowest BCUT2D eigenvalue weighted by atomic mass is 9.98. The minimum absolute atomic E-state index is 0.0400. The van der Waals surface area contributed by atoms with Crippen LogP contribution in [0, 0.1) is 13.8 Å². The van der Waals surface area contributed by atoms with Crippen LogP contribution in [0.4, 0.5) is 0 Å². The number of carbonyl (C=O) groups excluding carboxylic acids is 1. The monoisotopic (exact) mass is 268 g/mol. The lowest BCUT2D eigenvalue weighted by Gasteiger charge is -2.18. The molecule has 0 N–H and O–H groups in total. The second-order valence-electron chi connectivity index (χ2n) is 4.85. The average Bonchev–Trinajstić information content (AvgIpc) is 2.25. The summed E-state index contributed by atoms with van der Waals surface area (Å²) in [5.41, 5.74) is 2.41. The second kappa shape index (κ2) is 6.24. The Morgan fingerprint density at radius 1 is 1.39 bits per heavy atom. The van der Waals surface area contributed by atoms with Crippen molar-refractivity contribution in [2.45, 2.75) is 53.6 Å². The zero-order valence-corrected chi connectivity index (χ0v) is 12.5. The van der Waals surface area contributed by atoms with Gasteiger partial charge in [0.25, 0.3) is 0 Å². The van der Waals surface area contributed by atoms with Crippen molar-refractivity contribution in [3.8, 4) is 5.75 Å². The number of rotatable bonds is 5. The maximum atomic E-state index is 12.2. The largest absolute Gasteiger partial charge is 0.490 e. The van der Waals surface area contributed by atoms with E-state index in [0.29, 0.717) is 22.8 Å². The van der Waals surface area contributed by atoms with Crippen molar-refractivity contribution in [2.24, 2.45) is 0 Å². The molecule has 2 nitrogen and oxygen atoms in total. The maximum absolute atomic E-state index is 12.2. The van der Waals surface area contributed by atoms with Crippen molar-refractivity contribution >= 4 is 17.4 Å². The first-order valence-corrected chi connectivity index (χ1v) is 6.75. The molecule has 100 valence electrons. The minimum atomic E-state index is 0.0400. The summed E-state index contributed by atoms with van der Waals surface area (Å²) in [6.45, 7) is 9.70. The van der Waals surface area contributed by atoms with Crippen molar-refractivity contribution < 1.29 is 9.53 Å². The summed E-state index contributed by atoms with van der Waals surface area (Å²) < 4.78 is 5.75. The molecule has 0 amide bonds. The van der Waals surface area contributed by atoms with E-state index in [4.69, 9.17) is 16.3 Å². The molecule has 0 radical (unpaired) electrons. The number of Topliss-reactive ketones (excluding diaryl/α,β-unsaturated/α-hetero) is 1. The number of hydrogen-bond donors (Lipinski definition) is 0. The normalized spacial score (nSPS) is 10.8. The minimum Gasteiger partial charge on any atom is -0.490 e. The molecule has 0 saturated heterocycles. The molecule has 18 heavy (non-hydrogen) atoms. The Balaban J connectivity index is 3.34. The average molecular weight is 269 g/mol. The molecule has 1 aromatic rings. The van der Waals surface area contributed by atoms with Crippen LogP contribution in [-0.2, 0) is 0 Å². The van der Waals surface area contributed by atoms with E-state index in [1.165, 1.54) is 0 Å². The molecule has 0 spiro atoms. The van der Waals surface area contributed by atoms with E-state index >= 15 is 0 Å². The van der Waals surface area contributed by atoms with Crippen molar-refractivity contribution in [1.82, 2.24) is 0 Å². The Morgan fingerprint density at radius 3 is 2.50 bits per heavy atom. The molecule has 0 saturated carbocycles. The third kappa shape index (κ3) is 3.26. The highest BCUT2D eigenvalue weighted by molar-refractivity contribution is 6.32. The van der Waals surface area contributed by atoms with Gasteiger partial charge in [-0.3, -0.25) is 4.79 Å². The Hall–Kier alpha value is -1.02. The second-order valence-corrected chi connectivity index (χ2v) is 5.22. The molecule has 0 aliphatic carbocycles. The first-order chi connectivity index (χ1) is 8.38.